The summed E-state index contributed by atoms with van der Waals surface area (Å²) in [7, 11) is 0. The third-order valence-electron chi connectivity index (χ3n) is 2.99. The highest BCUT2D eigenvalue weighted by Gasteiger charge is 2.42. The van der Waals surface area contributed by atoms with E-state index in [4.69, 9.17) is 5.11 Å². The first kappa shape index (κ1) is 10.9. The highest BCUT2D eigenvalue weighted by molar-refractivity contribution is 4.99. The van der Waals surface area contributed by atoms with Crippen LogP contribution in [0.5, 0.6) is 0 Å². The van der Waals surface area contributed by atoms with E-state index < -0.39 is 12.2 Å². The van der Waals surface area contributed by atoms with Crippen LogP contribution in [0.3, 0.4) is 0 Å². The fourth-order valence-electron chi connectivity index (χ4n) is 1.81. The first-order valence-electron chi connectivity index (χ1n) is 4.84. The van der Waals surface area contributed by atoms with Crippen LogP contribution in [-0.2, 0) is 0 Å². The zero-order valence-corrected chi connectivity index (χ0v) is 8.14. The molecule has 4 nitrogen and oxygen atoms in total. The van der Waals surface area contributed by atoms with Gasteiger partial charge < -0.3 is 20.6 Å². The van der Waals surface area contributed by atoms with Crippen LogP contribution in [0.1, 0.15) is 20.3 Å². The average molecular weight is 189 g/mol. The van der Waals surface area contributed by atoms with Crippen LogP contribution >= 0.6 is 0 Å². The third-order valence-corrected chi connectivity index (χ3v) is 2.99. The normalized spacial score (nSPS) is 42.2. The van der Waals surface area contributed by atoms with E-state index >= 15 is 0 Å². The molecule has 4 heteroatoms. The van der Waals surface area contributed by atoms with Crippen molar-refractivity contribution in [3.8, 4) is 0 Å². The number of hydrogen-bond donors (Lipinski definition) is 4. The van der Waals surface area contributed by atoms with Crippen molar-refractivity contribution >= 4 is 0 Å². The van der Waals surface area contributed by atoms with Gasteiger partial charge in [-0.1, -0.05) is 20.3 Å². The maximum absolute atomic E-state index is 9.64. The molecule has 5 atom stereocenters. The molecule has 1 saturated heterocycles. The Morgan fingerprint density at radius 3 is 2.31 bits per heavy atom. The average Bonchev–Trinajstić information content (AvgIpc) is 2.43. The van der Waals surface area contributed by atoms with E-state index in [0.717, 1.165) is 6.42 Å². The summed E-state index contributed by atoms with van der Waals surface area (Å²) < 4.78 is 0. The molecule has 0 bridgehead atoms. The monoisotopic (exact) mass is 189 g/mol. The predicted molar refractivity (Wildman–Crippen MR) is 49.3 cm³/mol. The molecule has 0 aromatic carbocycles. The van der Waals surface area contributed by atoms with Crippen molar-refractivity contribution in [3.05, 3.63) is 0 Å². The summed E-state index contributed by atoms with van der Waals surface area (Å²) in [4.78, 5) is 0. The lowest BCUT2D eigenvalue weighted by Crippen LogP contribution is -2.39. The first-order chi connectivity index (χ1) is 6.11. The number of nitrogens with one attached hydrogen (secondary N) is 1. The second-order valence-electron chi connectivity index (χ2n) is 3.85. The fourth-order valence-corrected chi connectivity index (χ4v) is 1.81. The molecular weight excluding hydrogens is 170 g/mol. The number of aliphatic hydroxyl groups excluding tert-OH is 3. The first-order valence-corrected chi connectivity index (χ1v) is 4.84. The van der Waals surface area contributed by atoms with E-state index in [1.165, 1.54) is 0 Å². The highest BCUT2D eigenvalue weighted by atomic mass is 16.3. The molecule has 0 aliphatic carbocycles. The van der Waals surface area contributed by atoms with Crippen LogP contribution in [0.15, 0.2) is 0 Å². The van der Waals surface area contributed by atoms with Crippen LogP contribution in [0, 0.1) is 5.92 Å². The predicted octanol–water partition coefficient (Wildman–Crippen LogP) is -0.913. The van der Waals surface area contributed by atoms with Crippen LogP contribution in [0.2, 0.25) is 0 Å². The molecule has 1 aliphatic rings. The lowest BCUT2D eigenvalue weighted by Gasteiger charge is -2.21. The van der Waals surface area contributed by atoms with Crippen molar-refractivity contribution in [1.29, 1.82) is 0 Å². The largest absolute Gasteiger partial charge is 0.395 e. The summed E-state index contributed by atoms with van der Waals surface area (Å²) in [5.41, 5.74) is 0. The Hall–Kier alpha value is -0.160. The van der Waals surface area contributed by atoms with E-state index in [0.29, 0.717) is 5.92 Å². The molecule has 0 unspecified atom stereocenters. The van der Waals surface area contributed by atoms with Crippen molar-refractivity contribution in [3.63, 3.8) is 0 Å². The van der Waals surface area contributed by atoms with Gasteiger partial charge in [0, 0.05) is 6.04 Å². The van der Waals surface area contributed by atoms with Gasteiger partial charge in [0.15, 0.2) is 0 Å². The van der Waals surface area contributed by atoms with E-state index in [1.54, 1.807) is 0 Å². The minimum Gasteiger partial charge on any atom is -0.395 e. The summed E-state index contributed by atoms with van der Waals surface area (Å²) >= 11 is 0. The van der Waals surface area contributed by atoms with Crippen molar-refractivity contribution in [2.75, 3.05) is 6.61 Å². The standard InChI is InChI=1S/C9H19NO3/c1-3-5(2)7-9(13)8(12)6(4-11)10-7/h5-13H,3-4H2,1-2H3/t5-,6-,7-,8-,9-/m0/s1. The van der Waals surface area contributed by atoms with Gasteiger partial charge in [0.25, 0.3) is 0 Å². The second kappa shape index (κ2) is 4.37. The Morgan fingerprint density at radius 1 is 1.31 bits per heavy atom. The molecule has 78 valence electrons. The third kappa shape index (κ3) is 2.02. The molecule has 0 aromatic rings. The fraction of sp³-hybridized carbons (Fsp3) is 1.00. The van der Waals surface area contributed by atoms with Crippen molar-refractivity contribution < 1.29 is 15.3 Å². The second-order valence-corrected chi connectivity index (χ2v) is 3.85. The van der Waals surface area contributed by atoms with Gasteiger partial charge in [-0.25, -0.2) is 0 Å². The summed E-state index contributed by atoms with van der Waals surface area (Å²) in [5, 5.41) is 31.1. The molecule has 1 aliphatic heterocycles. The molecule has 0 spiro atoms. The minimum atomic E-state index is -0.844. The van der Waals surface area contributed by atoms with Crippen LogP contribution < -0.4 is 5.32 Å². The lowest BCUT2D eigenvalue weighted by atomic mass is 9.95. The van der Waals surface area contributed by atoms with Gasteiger partial charge in [0.05, 0.1) is 24.9 Å². The maximum Gasteiger partial charge on any atom is 0.0989 e. The van der Waals surface area contributed by atoms with Gasteiger partial charge in [-0.15, -0.1) is 0 Å². The quantitative estimate of drug-likeness (QED) is 0.463. The van der Waals surface area contributed by atoms with E-state index in [2.05, 4.69) is 5.32 Å². The number of hydrogen-bond acceptors (Lipinski definition) is 4. The summed E-state index contributed by atoms with van der Waals surface area (Å²) in [6.45, 7) is 3.93. The molecule has 0 aromatic heterocycles. The SMILES string of the molecule is CC[C@H](C)[C@@H]1N[C@@H](CO)[C@H](O)[C@H]1O. The Balaban J connectivity index is 2.60. The molecule has 1 rings (SSSR count). The summed E-state index contributed by atoms with van der Waals surface area (Å²) in [6.07, 6.45) is -0.657. The van der Waals surface area contributed by atoms with Gasteiger partial charge in [0.2, 0.25) is 0 Å². The topological polar surface area (TPSA) is 72.7 Å². The Kier molecular flexibility index (Phi) is 3.67. The van der Waals surface area contributed by atoms with Gasteiger partial charge in [-0.05, 0) is 5.92 Å². The van der Waals surface area contributed by atoms with Crippen LogP contribution in [0.4, 0.5) is 0 Å². The number of rotatable bonds is 3. The van der Waals surface area contributed by atoms with E-state index in [-0.39, 0.29) is 18.7 Å². The smallest absolute Gasteiger partial charge is 0.0989 e. The molecule has 1 fully saturated rings. The van der Waals surface area contributed by atoms with E-state index in [9.17, 15) is 10.2 Å². The molecule has 13 heavy (non-hydrogen) atoms. The molecule has 0 radical (unpaired) electrons. The number of aliphatic hydroxyl groups is 3. The summed E-state index contributed by atoms with van der Waals surface area (Å²) in [5.74, 6) is 0.307. The minimum absolute atomic E-state index is 0.0999. The molecule has 0 amide bonds. The van der Waals surface area contributed by atoms with Crippen molar-refractivity contribution in [1.82, 2.24) is 5.32 Å². The van der Waals surface area contributed by atoms with Gasteiger partial charge >= 0.3 is 0 Å². The Bertz CT molecular complexity index is 165. The molecule has 0 saturated carbocycles. The Morgan fingerprint density at radius 2 is 1.92 bits per heavy atom. The molecule has 1 heterocycles. The zero-order chi connectivity index (χ0) is 10.0. The van der Waals surface area contributed by atoms with Gasteiger partial charge in [-0.3, -0.25) is 0 Å². The highest BCUT2D eigenvalue weighted by Crippen LogP contribution is 2.22. The van der Waals surface area contributed by atoms with Crippen molar-refractivity contribution in [2.45, 2.75) is 44.6 Å². The van der Waals surface area contributed by atoms with Crippen LogP contribution in [0.25, 0.3) is 0 Å². The Labute approximate surface area is 78.6 Å². The molecular formula is C9H19NO3. The van der Waals surface area contributed by atoms with E-state index in [1.807, 2.05) is 13.8 Å². The van der Waals surface area contributed by atoms with Crippen LogP contribution in [-0.4, -0.2) is 46.2 Å². The zero-order valence-electron chi connectivity index (χ0n) is 8.14. The van der Waals surface area contributed by atoms with Crippen molar-refractivity contribution in [2.24, 2.45) is 5.92 Å². The maximum atomic E-state index is 9.64. The lowest BCUT2D eigenvalue weighted by molar-refractivity contribution is 0.0135. The molecule has 4 N–H and O–H groups in total. The van der Waals surface area contributed by atoms with Gasteiger partial charge in [-0.2, -0.15) is 0 Å². The van der Waals surface area contributed by atoms with Gasteiger partial charge in [0.1, 0.15) is 0 Å². The summed E-state index contributed by atoms with van der Waals surface area (Å²) in [6, 6.07) is -0.480.